The van der Waals surface area contributed by atoms with Crippen LogP contribution in [0.15, 0.2) is 54.1 Å². The van der Waals surface area contributed by atoms with E-state index in [1.165, 1.54) is 0 Å². The van der Waals surface area contributed by atoms with Crippen molar-refractivity contribution in [3.8, 4) is 11.5 Å². The largest absolute Gasteiger partial charge is 0.507 e. The Morgan fingerprint density at radius 3 is 2.12 bits per heavy atom. The van der Waals surface area contributed by atoms with Crippen LogP contribution in [0.5, 0.6) is 11.5 Å². The van der Waals surface area contributed by atoms with Crippen LogP contribution in [0.4, 0.5) is 0 Å². The summed E-state index contributed by atoms with van der Waals surface area (Å²) < 4.78 is 11.3. The van der Waals surface area contributed by atoms with Gasteiger partial charge in [-0.25, -0.2) is 0 Å². The van der Waals surface area contributed by atoms with Crippen molar-refractivity contribution in [2.75, 3.05) is 19.8 Å². The molecular formula is C27H33NO5. The summed E-state index contributed by atoms with van der Waals surface area (Å²) in [4.78, 5) is 27.3. The molecule has 33 heavy (non-hydrogen) atoms. The van der Waals surface area contributed by atoms with E-state index in [0.29, 0.717) is 37.5 Å². The molecule has 1 saturated heterocycles. The smallest absolute Gasteiger partial charge is 0.295 e. The van der Waals surface area contributed by atoms with Gasteiger partial charge in [-0.15, -0.1) is 0 Å². The molecule has 0 saturated carbocycles. The Kier molecular flexibility index (Phi) is 8.52. The van der Waals surface area contributed by atoms with Crippen molar-refractivity contribution in [3.63, 3.8) is 0 Å². The number of nitrogens with zero attached hydrogens (tertiary/aromatic N) is 1. The van der Waals surface area contributed by atoms with Gasteiger partial charge in [0.15, 0.2) is 0 Å². The summed E-state index contributed by atoms with van der Waals surface area (Å²) in [5.74, 6) is -0.0192. The fraction of sp³-hybridized carbons (Fsp3) is 0.407. The zero-order chi connectivity index (χ0) is 23.8. The van der Waals surface area contributed by atoms with Gasteiger partial charge in [-0.1, -0.05) is 38.8 Å². The van der Waals surface area contributed by atoms with E-state index >= 15 is 0 Å². The van der Waals surface area contributed by atoms with Gasteiger partial charge in [0, 0.05) is 12.1 Å². The summed E-state index contributed by atoms with van der Waals surface area (Å²) in [7, 11) is 0. The van der Waals surface area contributed by atoms with Crippen LogP contribution < -0.4 is 9.47 Å². The number of hydrogen-bond donors (Lipinski definition) is 1. The number of hydrogen-bond acceptors (Lipinski definition) is 5. The van der Waals surface area contributed by atoms with Crippen molar-refractivity contribution in [2.24, 2.45) is 0 Å². The quantitative estimate of drug-likeness (QED) is 0.212. The topological polar surface area (TPSA) is 76.1 Å². The molecule has 0 aliphatic carbocycles. The summed E-state index contributed by atoms with van der Waals surface area (Å²) in [6, 6.07) is 13.6. The molecule has 6 nitrogen and oxygen atoms in total. The highest BCUT2D eigenvalue weighted by molar-refractivity contribution is 6.46. The highest BCUT2D eigenvalue weighted by atomic mass is 16.5. The van der Waals surface area contributed by atoms with Crippen LogP contribution in [0.1, 0.15) is 63.6 Å². The maximum atomic E-state index is 13.0. The number of carbonyl (C=O) groups excluding carboxylic acids is 2. The maximum Gasteiger partial charge on any atom is 0.295 e. The standard InChI is InChI=1S/C27H33NO5/c1-4-7-8-18-33-22-13-9-19(10-14-22)24-23(26(30)27(31)28(24)17-5-2)25(29)20-11-15-21(16-12-20)32-6-3/h9-16,24,29H,4-8,17-18H2,1-3H3/b25-23-. The minimum absolute atomic E-state index is 0.106. The van der Waals surface area contributed by atoms with Crippen LogP contribution in [0.25, 0.3) is 5.76 Å². The summed E-state index contributed by atoms with van der Waals surface area (Å²) >= 11 is 0. The molecule has 1 unspecified atom stereocenters. The monoisotopic (exact) mass is 451 g/mol. The van der Waals surface area contributed by atoms with Crippen LogP contribution in [0, 0.1) is 0 Å². The third kappa shape index (κ3) is 5.56. The lowest BCUT2D eigenvalue weighted by molar-refractivity contribution is -0.139. The molecule has 0 radical (unpaired) electrons. The number of rotatable bonds is 11. The van der Waals surface area contributed by atoms with Crippen molar-refractivity contribution < 1.29 is 24.2 Å². The van der Waals surface area contributed by atoms with Crippen molar-refractivity contribution in [2.45, 2.75) is 52.5 Å². The van der Waals surface area contributed by atoms with E-state index in [2.05, 4.69) is 6.92 Å². The Bertz CT molecular complexity index is 979. The lowest BCUT2D eigenvalue weighted by Gasteiger charge is -2.25. The first kappa shape index (κ1) is 24.4. The van der Waals surface area contributed by atoms with Crippen LogP contribution in [0.3, 0.4) is 0 Å². The number of unbranched alkanes of at least 4 members (excludes halogenated alkanes) is 2. The lowest BCUT2D eigenvalue weighted by atomic mass is 9.95. The molecule has 2 aromatic rings. The van der Waals surface area contributed by atoms with E-state index < -0.39 is 17.7 Å². The first-order valence-corrected chi connectivity index (χ1v) is 11.8. The highest BCUT2D eigenvalue weighted by Gasteiger charge is 2.45. The van der Waals surface area contributed by atoms with Gasteiger partial charge in [0.1, 0.15) is 17.3 Å². The predicted molar refractivity (Wildman–Crippen MR) is 128 cm³/mol. The van der Waals surface area contributed by atoms with Crippen molar-refractivity contribution in [3.05, 3.63) is 65.2 Å². The number of likely N-dealkylation sites (tertiary alicyclic amines) is 1. The van der Waals surface area contributed by atoms with Gasteiger partial charge >= 0.3 is 0 Å². The number of amides is 1. The summed E-state index contributed by atoms with van der Waals surface area (Å²) in [6.07, 6.45) is 3.95. The first-order valence-electron chi connectivity index (χ1n) is 11.8. The van der Waals surface area contributed by atoms with Crippen LogP contribution in [0.2, 0.25) is 0 Å². The van der Waals surface area contributed by atoms with Gasteiger partial charge in [-0.2, -0.15) is 0 Å². The second-order valence-electron chi connectivity index (χ2n) is 8.07. The minimum Gasteiger partial charge on any atom is -0.507 e. The molecule has 1 atom stereocenters. The van der Waals surface area contributed by atoms with Gasteiger partial charge in [0.25, 0.3) is 11.7 Å². The predicted octanol–water partition coefficient (Wildman–Crippen LogP) is 5.49. The van der Waals surface area contributed by atoms with E-state index in [1.54, 1.807) is 29.2 Å². The second kappa shape index (κ2) is 11.5. The molecule has 1 aliphatic rings. The van der Waals surface area contributed by atoms with Gasteiger partial charge in [0.2, 0.25) is 0 Å². The highest BCUT2D eigenvalue weighted by Crippen LogP contribution is 2.40. The van der Waals surface area contributed by atoms with E-state index in [9.17, 15) is 14.7 Å². The molecule has 0 bridgehead atoms. The van der Waals surface area contributed by atoms with E-state index in [-0.39, 0.29) is 11.3 Å². The average molecular weight is 452 g/mol. The number of ketones is 1. The fourth-order valence-electron chi connectivity index (χ4n) is 4.02. The number of benzene rings is 2. The Hall–Kier alpha value is -3.28. The van der Waals surface area contributed by atoms with Crippen LogP contribution in [-0.2, 0) is 9.59 Å². The van der Waals surface area contributed by atoms with Crippen molar-refractivity contribution in [1.29, 1.82) is 0 Å². The Morgan fingerprint density at radius 2 is 1.52 bits per heavy atom. The maximum absolute atomic E-state index is 13.0. The lowest BCUT2D eigenvalue weighted by Crippen LogP contribution is -2.30. The first-order chi connectivity index (χ1) is 16.0. The molecule has 1 amide bonds. The molecule has 3 rings (SSSR count). The molecule has 1 fully saturated rings. The molecule has 0 aromatic heterocycles. The number of aliphatic hydroxyl groups excluding tert-OH is 1. The van der Waals surface area contributed by atoms with Crippen LogP contribution in [-0.4, -0.2) is 41.5 Å². The Balaban J connectivity index is 1.95. The number of aliphatic hydroxyl groups is 1. The van der Waals surface area contributed by atoms with Gasteiger partial charge < -0.3 is 19.5 Å². The number of Topliss-reactive ketones (excluding diaryl/α,β-unsaturated/α-hetero) is 1. The van der Waals surface area contributed by atoms with E-state index in [1.807, 2.05) is 38.1 Å². The van der Waals surface area contributed by atoms with Gasteiger partial charge in [0.05, 0.1) is 24.8 Å². The molecule has 6 heteroatoms. The van der Waals surface area contributed by atoms with Crippen LogP contribution >= 0.6 is 0 Å². The summed E-state index contributed by atoms with van der Waals surface area (Å²) in [6.45, 7) is 7.60. The van der Waals surface area contributed by atoms with E-state index in [4.69, 9.17) is 9.47 Å². The molecule has 2 aromatic carbocycles. The van der Waals surface area contributed by atoms with Crippen molar-refractivity contribution in [1.82, 2.24) is 4.90 Å². The molecular weight excluding hydrogens is 418 g/mol. The Morgan fingerprint density at radius 1 is 0.879 bits per heavy atom. The molecule has 1 N–H and O–H groups in total. The van der Waals surface area contributed by atoms with Gasteiger partial charge in [-0.3, -0.25) is 9.59 Å². The number of ether oxygens (including phenoxy) is 2. The second-order valence-corrected chi connectivity index (χ2v) is 8.07. The fourth-order valence-corrected chi connectivity index (χ4v) is 4.02. The van der Waals surface area contributed by atoms with E-state index in [0.717, 1.165) is 30.6 Å². The minimum atomic E-state index is -0.667. The molecule has 1 aliphatic heterocycles. The molecule has 1 heterocycles. The molecule has 176 valence electrons. The summed E-state index contributed by atoms with van der Waals surface area (Å²) in [5, 5.41) is 11.1. The van der Waals surface area contributed by atoms with Crippen molar-refractivity contribution >= 4 is 17.4 Å². The third-order valence-electron chi connectivity index (χ3n) is 5.66. The van der Waals surface area contributed by atoms with Gasteiger partial charge in [-0.05, 0) is 61.7 Å². The Labute approximate surface area is 195 Å². The number of carbonyl (C=O) groups is 2. The third-order valence-corrected chi connectivity index (χ3v) is 5.66. The molecule has 0 spiro atoms. The average Bonchev–Trinajstić information content (AvgIpc) is 3.08. The normalized spacial score (nSPS) is 17.4. The zero-order valence-electron chi connectivity index (χ0n) is 19.7. The summed E-state index contributed by atoms with van der Waals surface area (Å²) in [5.41, 5.74) is 1.33. The SMILES string of the molecule is CCCCCOc1ccc(C2/C(=C(/O)c3ccc(OCC)cc3)C(=O)C(=O)N2CCC)cc1. The zero-order valence-corrected chi connectivity index (χ0v) is 19.7.